The Morgan fingerprint density at radius 3 is 2.48 bits per heavy atom. The zero-order valence-corrected chi connectivity index (χ0v) is 15.5. The number of carbonyl (C=O) groups excluding carboxylic acids is 1. The van der Waals surface area contributed by atoms with Gasteiger partial charge in [0.25, 0.3) is 5.56 Å². The highest BCUT2D eigenvalue weighted by Gasteiger charge is 2.18. The average molecular weight is 383 g/mol. The predicted molar refractivity (Wildman–Crippen MR) is 104 cm³/mol. The van der Waals surface area contributed by atoms with Gasteiger partial charge in [0.1, 0.15) is 0 Å². The summed E-state index contributed by atoms with van der Waals surface area (Å²) in [5.41, 5.74) is 1.06. The van der Waals surface area contributed by atoms with Gasteiger partial charge in [-0.15, -0.1) is 0 Å². The number of carboxylic acids is 1. The molecule has 1 aromatic heterocycles. The SMILES string of the molecule is CC(Sc1nc2ccccc2c(=O)n1C)C(=O)Nc1ccc(C(=O)O)cc1. The summed E-state index contributed by atoms with van der Waals surface area (Å²) >= 11 is 1.18. The Balaban J connectivity index is 1.76. The Labute approximate surface area is 159 Å². The second kappa shape index (κ2) is 7.63. The second-order valence-corrected chi connectivity index (χ2v) is 7.22. The predicted octanol–water partition coefficient (Wildman–Crippen LogP) is 2.75. The first-order valence-corrected chi connectivity index (χ1v) is 9.01. The fourth-order valence-electron chi connectivity index (χ4n) is 2.45. The van der Waals surface area contributed by atoms with Gasteiger partial charge in [-0.05, 0) is 43.3 Å². The number of carbonyl (C=O) groups is 2. The molecule has 138 valence electrons. The highest BCUT2D eigenvalue weighted by Crippen LogP contribution is 2.23. The Morgan fingerprint density at radius 2 is 1.81 bits per heavy atom. The van der Waals surface area contributed by atoms with E-state index in [-0.39, 0.29) is 17.0 Å². The summed E-state index contributed by atoms with van der Waals surface area (Å²) in [5.74, 6) is -1.30. The molecule has 2 aromatic carbocycles. The molecule has 0 aliphatic rings. The van der Waals surface area contributed by atoms with Crippen molar-refractivity contribution < 1.29 is 14.7 Å². The third kappa shape index (κ3) is 4.01. The number of para-hydroxylation sites is 1. The van der Waals surface area contributed by atoms with Gasteiger partial charge in [-0.2, -0.15) is 0 Å². The van der Waals surface area contributed by atoms with Crippen LogP contribution in [-0.2, 0) is 11.8 Å². The van der Waals surface area contributed by atoms with Crippen molar-refractivity contribution in [1.82, 2.24) is 9.55 Å². The number of hydrogen-bond acceptors (Lipinski definition) is 5. The fraction of sp³-hybridized carbons (Fsp3) is 0.158. The minimum atomic E-state index is -1.03. The van der Waals surface area contributed by atoms with Crippen LogP contribution in [0.25, 0.3) is 10.9 Å². The molecular formula is C19H17N3O4S. The maximum Gasteiger partial charge on any atom is 0.335 e. The first kappa shape index (κ1) is 18.7. The lowest BCUT2D eigenvalue weighted by atomic mass is 10.2. The Morgan fingerprint density at radius 1 is 1.15 bits per heavy atom. The van der Waals surface area contributed by atoms with Gasteiger partial charge in [0.2, 0.25) is 5.91 Å². The molecule has 1 amide bonds. The van der Waals surface area contributed by atoms with Crippen molar-refractivity contribution in [2.75, 3.05) is 5.32 Å². The monoisotopic (exact) mass is 383 g/mol. The van der Waals surface area contributed by atoms with E-state index in [0.717, 1.165) is 0 Å². The number of rotatable bonds is 5. The maximum atomic E-state index is 12.4. The number of nitrogens with zero attached hydrogens (tertiary/aromatic N) is 2. The minimum absolute atomic E-state index is 0.144. The summed E-state index contributed by atoms with van der Waals surface area (Å²) in [4.78, 5) is 40.2. The maximum absolute atomic E-state index is 12.4. The summed E-state index contributed by atoms with van der Waals surface area (Å²) in [6, 6.07) is 13.0. The van der Waals surface area contributed by atoms with E-state index in [9.17, 15) is 14.4 Å². The van der Waals surface area contributed by atoms with Crippen LogP contribution in [0.5, 0.6) is 0 Å². The Kier molecular flexibility index (Phi) is 5.27. The standard InChI is InChI=1S/C19H17N3O4S/c1-11(16(23)20-13-9-7-12(8-10-13)18(25)26)27-19-21-15-6-4-3-5-14(15)17(24)22(19)2/h3-11H,1-2H3,(H,20,23)(H,25,26). The lowest BCUT2D eigenvalue weighted by Crippen LogP contribution is -2.25. The van der Waals surface area contributed by atoms with Crippen LogP contribution in [0.15, 0.2) is 58.5 Å². The molecule has 27 heavy (non-hydrogen) atoms. The molecule has 3 rings (SSSR count). The molecule has 3 aromatic rings. The molecule has 2 N–H and O–H groups in total. The molecule has 8 heteroatoms. The number of nitrogens with one attached hydrogen (secondary N) is 1. The topological polar surface area (TPSA) is 101 Å². The molecule has 0 saturated carbocycles. The van der Waals surface area contributed by atoms with E-state index in [1.165, 1.54) is 40.6 Å². The van der Waals surface area contributed by atoms with Crippen LogP contribution in [0.4, 0.5) is 5.69 Å². The molecule has 0 aliphatic carbocycles. The van der Waals surface area contributed by atoms with Gasteiger partial charge in [0.05, 0.1) is 21.7 Å². The molecule has 7 nitrogen and oxygen atoms in total. The molecule has 0 bridgehead atoms. The van der Waals surface area contributed by atoms with Gasteiger partial charge >= 0.3 is 5.97 Å². The number of aromatic nitrogens is 2. The smallest absolute Gasteiger partial charge is 0.335 e. The number of fused-ring (bicyclic) bond motifs is 1. The van der Waals surface area contributed by atoms with Crippen LogP contribution >= 0.6 is 11.8 Å². The van der Waals surface area contributed by atoms with Gasteiger partial charge < -0.3 is 10.4 Å². The van der Waals surface area contributed by atoms with Crippen molar-refractivity contribution in [3.8, 4) is 0 Å². The van der Waals surface area contributed by atoms with E-state index >= 15 is 0 Å². The van der Waals surface area contributed by atoms with Crippen LogP contribution < -0.4 is 10.9 Å². The van der Waals surface area contributed by atoms with E-state index < -0.39 is 11.2 Å². The van der Waals surface area contributed by atoms with E-state index in [0.29, 0.717) is 21.7 Å². The summed E-state index contributed by atoms with van der Waals surface area (Å²) in [6.07, 6.45) is 0. The van der Waals surface area contributed by atoms with Gasteiger partial charge in [-0.25, -0.2) is 9.78 Å². The normalized spacial score (nSPS) is 11.9. The van der Waals surface area contributed by atoms with E-state index in [2.05, 4.69) is 10.3 Å². The molecular weight excluding hydrogens is 366 g/mol. The molecule has 1 atom stereocenters. The van der Waals surface area contributed by atoms with Gasteiger partial charge in [0.15, 0.2) is 5.16 Å². The minimum Gasteiger partial charge on any atom is -0.478 e. The van der Waals surface area contributed by atoms with E-state index in [4.69, 9.17) is 5.11 Å². The Hall–Kier alpha value is -3.13. The third-order valence-corrected chi connectivity index (χ3v) is 5.14. The second-order valence-electron chi connectivity index (χ2n) is 5.91. The number of thioether (sulfide) groups is 1. The van der Waals surface area contributed by atoms with E-state index in [1.807, 2.05) is 0 Å². The number of benzene rings is 2. The fourth-order valence-corrected chi connectivity index (χ4v) is 3.33. The van der Waals surface area contributed by atoms with Gasteiger partial charge in [0, 0.05) is 12.7 Å². The van der Waals surface area contributed by atoms with Crippen molar-refractivity contribution in [1.29, 1.82) is 0 Å². The molecule has 1 heterocycles. The summed E-state index contributed by atoms with van der Waals surface area (Å²) in [7, 11) is 1.62. The molecule has 0 radical (unpaired) electrons. The summed E-state index contributed by atoms with van der Waals surface area (Å²) < 4.78 is 1.43. The number of hydrogen-bond donors (Lipinski definition) is 2. The third-order valence-electron chi connectivity index (χ3n) is 3.99. The van der Waals surface area contributed by atoms with Crippen molar-refractivity contribution in [2.24, 2.45) is 7.05 Å². The van der Waals surface area contributed by atoms with Crippen molar-refractivity contribution in [3.63, 3.8) is 0 Å². The molecule has 0 spiro atoms. The number of anilines is 1. The molecule has 0 aliphatic heterocycles. The van der Waals surface area contributed by atoms with Crippen LogP contribution in [0, 0.1) is 0 Å². The lowest BCUT2D eigenvalue weighted by Gasteiger charge is -2.14. The summed E-state index contributed by atoms with van der Waals surface area (Å²) in [5, 5.41) is 12.1. The highest BCUT2D eigenvalue weighted by molar-refractivity contribution is 8.00. The molecule has 0 fully saturated rings. The largest absolute Gasteiger partial charge is 0.478 e. The molecule has 0 saturated heterocycles. The van der Waals surface area contributed by atoms with Crippen molar-refractivity contribution >= 4 is 40.2 Å². The average Bonchev–Trinajstić information content (AvgIpc) is 2.66. The number of carboxylic acid groups (broad SMARTS) is 1. The zero-order valence-electron chi connectivity index (χ0n) is 14.7. The van der Waals surface area contributed by atoms with Gasteiger partial charge in [-0.1, -0.05) is 23.9 Å². The number of amides is 1. The number of aromatic carboxylic acids is 1. The zero-order chi connectivity index (χ0) is 19.6. The van der Waals surface area contributed by atoms with Crippen molar-refractivity contribution in [3.05, 3.63) is 64.4 Å². The van der Waals surface area contributed by atoms with Gasteiger partial charge in [-0.3, -0.25) is 14.2 Å². The van der Waals surface area contributed by atoms with Crippen molar-refractivity contribution in [2.45, 2.75) is 17.3 Å². The van der Waals surface area contributed by atoms with Crippen LogP contribution in [0.3, 0.4) is 0 Å². The first-order valence-electron chi connectivity index (χ1n) is 8.13. The first-order chi connectivity index (χ1) is 12.9. The lowest BCUT2D eigenvalue weighted by molar-refractivity contribution is -0.115. The molecule has 1 unspecified atom stereocenters. The van der Waals surface area contributed by atoms with Crippen LogP contribution in [0.2, 0.25) is 0 Å². The van der Waals surface area contributed by atoms with E-state index in [1.54, 1.807) is 38.2 Å². The Bertz CT molecular complexity index is 1080. The highest BCUT2D eigenvalue weighted by atomic mass is 32.2. The van der Waals surface area contributed by atoms with Crippen LogP contribution in [-0.4, -0.2) is 31.8 Å². The quantitative estimate of drug-likeness (QED) is 0.519. The summed E-state index contributed by atoms with van der Waals surface area (Å²) in [6.45, 7) is 1.72. The van der Waals surface area contributed by atoms with Crippen LogP contribution in [0.1, 0.15) is 17.3 Å².